The van der Waals surface area contributed by atoms with Crippen molar-refractivity contribution >= 4 is 5.91 Å². The number of carbonyl (C=O) groups excluding carboxylic acids is 1. The van der Waals surface area contributed by atoms with E-state index in [-0.39, 0.29) is 11.9 Å². The number of benzene rings is 3. The fourth-order valence-electron chi connectivity index (χ4n) is 4.70. The summed E-state index contributed by atoms with van der Waals surface area (Å²) >= 11 is 0. The number of piperidine rings is 1. The van der Waals surface area contributed by atoms with E-state index in [4.69, 9.17) is 0 Å². The molecule has 1 aliphatic carbocycles. The lowest BCUT2D eigenvalue weighted by Crippen LogP contribution is -2.43. The molecule has 1 amide bonds. The van der Waals surface area contributed by atoms with E-state index in [1.165, 1.54) is 27.8 Å². The normalized spacial score (nSPS) is 20.9. The molecule has 1 aliphatic heterocycles. The maximum atomic E-state index is 12.9. The highest BCUT2D eigenvalue weighted by atomic mass is 16.2. The highest BCUT2D eigenvalue weighted by Gasteiger charge is 2.42. The Morgan fingerprint density at radius 1 is 0.769 bits per heavy atom. The Kier molecular flexibility index (Phi) is 3.63. The van der Waals surface area contributed by atoms with E-state index in [2.05, 4.69) is 65.6 Å². The van der Waals surface area contributed by atoms with Crippen molar-refractivity contribution in [2.45, 2.75) is 31.3 Å². The molecular weight excluding hydrogens is 318 g/mol. The van der Waals surface area contributed by atoms with Gasteiger partial charge >= 0.3 is 0 Å². The molecule has 0 aromatic heterocycles. The average Bonchev–Trinajstić information content (AvgIpc) is 2.70. The third-order valence-electron chi connectivity index (χ3n) is 5.83. The van der Waals surface area contributed by atoms with Gasteiger partial charge in [-0.05, 0) is 34.2 Å². The largest absolute Gasteiger partial charge is 0.331 e. The van der Waals surface area contributed by atoms with Crippen LogP contribution in [0.2, 0.25) is 0 Å². The van der Waals surface area contributed by atoms with Crippen LogP contribution in [0.4, 0.5) is 0 Å². The van der Waals surface area contributed by atoms with Gasteiger partial charge in [0.1, 0.15) is 0 Å². The van der Waals surface area contributed by atoms with E-state index in [0.717, 1.165) is 6.42 Å². The molecule has 0 spiro atoms. The van der Waals surface area contributed by atoms with Gasteiger partial charge in [0.05, 0.1) is 6.04 Å². The zero-order chi connectivity index (χ0) is 17.5. The predicted octanol–water partition coefficient (Wildman–Crippen LogP) is 5.31. The third kappa shape index (κ3) is 2.37. The van der Waals surface area contributed by atoms with Gasteiger partial charge in [-0.3, -0.25) is 4.79 Å². The van der Waals surface area contributed by atoms with Gasteiger partial charge in [-0.25, -0.2) is 0 Å². The lowest BCUT2D eigenvalue weighted by atomic mass is 9.71. The van der Waals surface area contributed by atoms with Crippen molar-refractivity contribution in [3.63, 3.8) is 0 Å². The number of carbonyl (C=O) groups is 1. The van der Waals surface area contributed by atoms with Crippen LogP contribution in [-0.4, -0.2) is 10.8 Å². The van der Waals surface area contributed by atoms with Crippen LogP contribution in [0.25, 0.3) is 11.1 Å². The summed E-state index contributed by atoms with van der Waals surface area (Å²) in [5.74, 6) is 0.645. The van der Waals surface area contributed by atoms with Crippen molar-refractivity contribution in [2.75, 3.05) is 0 Å². The van der Waals surface area contributed by atoms with E-state index < -0.39 is 0 Å². The highest BCUT2D eigenvalue weighted by Crippen LogP contribution is 2.52. The molecule has 3 aromatic carbocycles. The molecule has 2 heteroatoms. The molecule has 0 N–H and O–H groups in total. The van der Waals surface area contributed by atoms with Crippen LogP contribution in [0.15, 0.2) is 78.9 Å². The standard InChI is InChI=1S/C24H21NO/c26-23-15-14-22-20-12-5-4-10-18(20)19-11-6-7-13-21(19)24(22)25(23)16-17-8-2-1-3-9-17/h1-13,22,24H,14-16H2/t22-,24-/m0/s1. The molecule has 0 bridgehead atoms. The van der Waals surface area contributed by atoms with Crippen molar-refractivity contribution < 1.29 is 4.79 Å². The van der Waals surface area contributed by atoms with Crippen LogP contribution in [0.1, 0.15) is 41.5 Å². The van der Waals surface area contributed by atoms with E-state index in [1.54, 1.807) is 0 Å². The van der Waals surface area contributed by atoms with Crippen LogP contribution < -0.4 is 0 Å². The van der Waals surface area contributed by atoms with Gasteiger partial charge in [0.15, 0.2) is 0 Å². The van der Waals surface area contributed by atoms with Gasteiger partial charge in [0.2, 0.25) is 5.91 Å². The molecule has 3 aromatic rings. The van der Waals surface area contributed by atoms with Gasteiger partial charge in [0.25, 0.3) is 0 Å². The van der Waals surface area contributed by atoms with Crippen LogP contribution in [0, 0.1) is 0 Å². The van der Waals surface area contributed by atoms with E-state index in [1.807, 2.05) is 18.2 Å². The van der Waals surface area contributed by atoms with Gasteiger partial charge in [0, 0.05) is 18.9 Å². The summed E-state index contributed by atoms with van der Waals surface area (Å²) < 4.78 is 0. The third-order valence-corrected chi connectivity index (χ3v) is 5.83. The van der Waals surface area contributed by atoms with E-state index >= 15 is 0 Å². The van der Waals surface area contributed by atoms with Crippen molar-refractivity contribution in [3.05, 3.63) is 95.6 Å². The number of amides is 1. The van der Waals surface area contributed by atoms with Crippen LogP contribution in [0.5, 0.6) is 0 Å². The smallest absolute Gasteiger partial charge is 0.223 e. The fraction of sp³-hybridized carbons (Fsp3) is 0.208. The molecular formula is C24H21NO. The zero-order valence-corrected chi connectivity index (χ0v) is 14.6. The second-order valence-electron chi connectivity index (χ2n) is 7.27. The number of rotatable bonds is 2. The number of fused-ring (bicyclic) bond motifs is 6. The maximum absolute atomic E-state index is 12.9. The SMILES string of the molecule is O=C1CC[C@H]2c3ccccc3-c3ccccc3[C@@H]2N1Cc1ccccc1. The molecule has 2 nitrogen and oxygen atoms in total. The molecule has 26 heavy (non-hydrogen) atoms. The summed E-state index contributed by atoms with van der Waals surface area (Å²) in [6, 6.07) is 27.8. The van der Waals surface area contributed by atoms with Crippen LogP contribution in [-0.2, 0) is 11.3 Å². The minimum atomic E-state index is 0.127. The second-order valence-corrected chi connectivity index (χ2v) is 7.27. The first-order valence-electron chi connectivity index (χ1n) is 9.34. The number of hydrogen-bond acceptors (Lipinski definition) is 1. The Balaban J connectivity index is 1.65. The van der Waals surface area contributed by atoms with Gasteiger partial charge in [-0.15, -0.1) is 0 Å². The fourth-order valence-corrected chi connectivity index (χ4v) is 4.70. The first-order chi connectivity index (χ1) is 12.8. The summed E-state index contributed by atoms with van der Waals surface area (Å²) in [5.41, 5.74) is 6.48. The van der Waals surface area contributed by atoms with Crippen molar-refractivity contribution in [1.29, 1.82) is 0 Å². The molecule has 1 saturated heterocycles. The molecule has 0 unspecified atom stereocenters. The van der Waals surface area contributed by atoms with Crippen LogP contribution >= 0.6 is 0 Å². The molecule has 5 rings (SSSR count). The summed E-state index contributed by atoms with van der Waals surface area (Å²) in [7, 11) is 0. The molecule has 2 atom stereocenters. The Morgan fingerprint density at radius 3 is 2.15 bits per heavy atom. The van der Waals surface area contributed by atoms with Crippen molar-refractivity contribution in [1.82, 2.24) is 4.90 Å². The summed E-state index contributed by atoms with van der Waals surface area (Å²) in [5, 5.41) is 0. The quantitative estimate of drug-likeness (QED) is 0.619. The molecule has 1 heterocycles. The summed E-state index contributed by atoms with van der Waals surface area (Å²) in [4.78, 5) is 15.0. The van der Waals surface area contributed by atoms with Crippen molar-refractivity contribution in [2.24, 2.45) is 0 Å². The van der Waals surface area contributed by atoms with Crippen LogP contribution in [0.3, 0.4) is 0 Å². The maximum Gasteiger partial charge on any atom is 0.223 e. The predicted molar refractivity (Wildman–Crippen MR) is 104 cm³/mol. The van der Waals surface area contributed by atoms with Gasteiger partial charge < -0.3 is 4.90 Å². The van der Waals surface area contributed by atoms with Gasteiger partial charge in [-0.1, -0.05) is 78.9 Å². The molecule has 0 saturated carbocycles. The zero-order valence-electron chi connectivity index (χ0n) is 14.6. The average molecular weight is 339 g/mol. The number of nitrogens with zero attached hydrogens (tertiary/aromatic N) is 1. The summed E-state index contributed by atoms with van der Waals surface area (Å²) in [6.45, 7) is 0.678. The number of likely N-dealkylation sites (tertiary alicyclic amines) is 1. The first kappa shape index (κ1) is 15.4. The molecule has 2 aliphatic rings. The molecule has 1 fully saturated rings. The first-order valence-corrected chi connectivity index (χ1v) is 9.34. The minimum Gasteiger partial charge on any atom is -0.331 e. The lowest BCUT2D eigenvalue weighted by Gasteiger charge is -2.45. The highest BCUT2D eigenvalue weighted by molar-refractivity contribution is 5.82. The Hall–Kier alpha value is -2.87. The van der Waals surface area contributed by atoms with Gasteiger partial charge in [-0.2, -0.15) is 0 Å². The Morgan fingerprint density at radius 2 is 1.38 bits per heavy atom. The second kappa shape index (κ2) is 6.14. The Labute approximate surface area is 154 Å². The lowest BCUT2D eigenvalue weighted by molar-refractivity contribution is -0.138. The van der Waals surface area contributed by atoms with Crippen molar-refractivity contribution in [3.8, 4) is 11.1 Å². The van der Waals surface area contributed by atoms with E-state index in [9.17, 15) is 4.79 Å². The number of hydrogen-bond donors (Lipinski definition) is 0. The topological polar surface area (TPSA) is 20.3 Å². The minimum absolute atomic E-state index is 0.127. The van der Waals surface area contributed by atoms with E-state index in [0.29, 0.717) is 18.9 Å². The Bertz CT molecular complexity index is 963. The molecule has 128 valence electrons. The molecule has 0 radical (unpaired) electrons. The summed E-state index contributed by atoms with van der Waals surface area (Å²) in [6.07, 6.45) is 1.56. The monoisotopic (exact) mass is 339 g/mol.